The van der Waals surface area contributed by atoms with Crippen LogP contribution in [0.25, 0.3) is 0 Å². The van der Waals surface area contributed by atoms with Crippen molar-refractivity contribution in [2.45, 2.75) is 20.3 Å². The molecule has 1 rings (SSSR count). The second-order valence-electron chi connectivity index (χ2n) is 4.65. The highest BCUT2D eigenvalue weighted by Crippen LogP contribution is 2.05. The van der Waals surface area contributed by atoms with Gasteiger partial charge in [-0.2, -0.15) is 0 Å². The van der Waals surface area contributed by atoms with Crippen LogP contribution in [0.5, 0.6) is 0 Å². The SMILES string of the molecule is CC(C)CCN1CCN(CCN)CC1. The smallest absolute Gasteiger partial charge is 0.0110 e. The van der Waals surface area contributed by atoms with Crippen molar-refractivity contribution in [3.63, 3.8) is 0 Å². The summed E-state index contributed by atoms with van der Waals surface area (Å²) in [5, 5.41) is 0. The van der Waals surface area contributed by atoms with E-state index >= 15 is 0 Å². The molecule has 1 heterocycles. The molecule has 3 heteroatoms. The van der Waals surface area contributed by atoms with Crippen LogP contribution in [0.4, 0.5) is 0 Å². The van der Waals surface area contributed by atoms with Gasteiger partial charge in [0.15, 0.2) is 0 Å². The van der Waals surface area contributed by atoms with Crippen molar-refractivity contribution in [2.24, 2.45) is 11.7 Å². The summed E-state index contributed by atoms with van der Waals surface area (Å²) in [5.74, 6) is 0.831. The van der Waals surface area contributed by atoms with Gasteiger partial charge in [0.2, 0.25) is 0 Å². The number of nitrogens with zero attached hydrogens (tertiary/aromatic N) is 2. The van der Waals surface area contributed by atoms with Crippen LogP contribution in [-0.2, 0) is 0 Å². The van der Waals surface area contributed by atoms with Crippen molar-refractivity contribution in [1.29, 1.82) is 0 Å². The number of rotatable bonds is 5. The molecular formula is C11H25N3. The van der Waals surface area contributed by atoms with Gasteiger partial charge in [-0.15, -0.1) is 0 Å². The standard InChI is InChI=1S/C11H25N3/c1-11(2)3-5-13-7-9-14(6-4-12)10-8-13/h11H,3-10,12H2,1-2H3. The summed E-state index contributed by atoms with van der Waals surface area (Å²) in [6.07, 6.45) is 1.33. The quantitative estimate of drug-likeness (QED) is 0.704. The lowest BCUT2D eigenvalue weighted by atomic mass is 10.1. The Bertz CT molecular complexity index is 139. The Labute approximate surface area is 88.2 Å². The number of hydrogen-bond donors (Lipinski definition) is 1. The van der Waals surface area contributed by atoms with Gasteiger partial charge in [-0.05, 0) is 18.9 Å². The van der Waals surface area contributed by atoms with Crippen LogP contribution < -0.4 is 5.73 Å². The first-order chi connectivity index (χ1) is 6.72. The lowest BCUT2D eigenvalue weighted by Gasteiger charge is -2.34. The molecular weight excluding hydrogens is 174 g/mol. The van der Waals surface area contributed by atoms with Crippen LogP contribution in [0.1, 0.15) is 20.3 Å². The number of nitrogens with two attached hydrogens (primary N) is 1. The molecule has 0 spiro atoms. The fraction of sp³-hybridized carbons (Fsp3) is 1.00. The lowest BCUT2D eigenvalue weighted by molar-refractivity contribution is 0.130. The lowest BCUT2D eigenvalue weighted by Crippen LogP contribution is -2.47. The van der Waals surface area contributed by atoms with Crippen LogP contribution in [0.3, 0.4) is 0 Å². The average Bonchev–Trinajstić information content (AvgIpc) is 2.17. The number of hydrogen-bond acceptors (Lipinski definition) is 3. The van der Waals surface area contributed by atoms with Gasteiger partial charge in [0.1, 0.15) is 0 Å². The van der Waals surface area contributed by atoms with Gasteiger partial charge in [0.25, 0.3) is 0 Å². The fourth-order valence-corrected chi connectivity index (χ4v) is 1.86. The highest BCUT2D eigenvalue weighted by molar-refractivity contribution is 4.72. The summed E-state index contributed by atoms with van der Waals surface area (Å²) in [6, 6.07) is 0. The van der Waals surface area contributed by atoms with Crippen LogP contribution >= 0.6 is 0 Å². The van der Waals surface area contributed by atoms with Gasteiger partial charge >= 0.3 is 0 Å². The van der Waals surface area contributed by atoms with E-state index in [1.807, 2.05) is 0 Å². The molecule has 0 bridgehead atoms. The normalized spacial score (nSPS) is 20.6. The average molecular weight is 199 g/mol. The second-order valence-corrected chi connectivity index (χ2v) is 4.65. The highest BCUT2D eigenvalue weighted by atomic mass is 15.3. The van der Waals surface area contributed by atoms with Gasteiger partial charge in [0.05, 0.1) is 0 Å². The molecule has 0 aromatic rings. The first kappa shape index (κ1) is 12.0. The molecule has 0 aliphatic carbocycles. The largest absolute Gasteiger partial charge is 0.329 e. The van der Waals surface area contributed by atoms with Crippen molar-refractivity contribution in [1.82, 2.24) is 9.80 Å². The maximum Gasteiger partial charge on any atom is 0.0110 e. The minimum atomic E-state index is 0.798. The summed E-state index contributed by atoms with van der Waals surface area (Å²) in [5.41, 5.74) is 5.54. The molecule has 3 nitrogen and oxygen atoms in total. The zero-order chi connectivity index (χ0) is 10.4. The molecule has 0 saturated carbocycles. The van der Waals surface area contributed by atoms with Gasteiger partial charge in [-0.1, -0.05) is 13.8 Å². The maximum absolute atomic E-state index is 5.54. The highest BCUT2D eigenvalue weighted by Gasteiger charge is 2.15. The third-order valence-corrected chi connectivity index (χ3v) is 2.93. The monoisotopic (exact) mass is 199 g/mol. The van der Waals surface area contributed by atoms with Crippen molar-refractivity contribution in [3.8, 4) is 0 Å². The van der Waals surface area contributed by atoms with Gasteiger partial charge in [-0.25, -0.2) is 0 Å². The van der Waals surface area contributed by atoms with Crippen molar-refractivity contribution in [3.05, 3.63) is 0 Å². The molecule has 0 radical (unpaired) electrons. The zero-order valence-electron chi connectivity index (χ0n) is 9.71. The molecule has 1 saturated heterocycles. The Morgan fingerprint density at radius 2 is 1.50 bits per heavy atom. The van der Waals surface area contributed by atoms with Crippen LogP contribution in [0, 0.1) is 5.92 Å². The number of piperazine rings is 1. The van der Waals surface area contributed by atoms with Gasteiger partial charge in [-0.3, -0.25) is 4.90 Å². The molecule has 0 atom stereocenters. The van der Waals surface area contributed by atoms with E-state index in [1.54, 1.807) is 0 Å². The summed E-state index contributed by atoms with van der Waals surface area (Å²) in [4.78, 5) is 5.04. The van der Waals surface area contributed by atoms with E-state index in [1.165, 1.54) is 39.1 Å². The Hall–Kier alpha value is -0.120. The minimum Gasteiger partial charge on any atom is -0.329 e. The molecule has 0 aromatic heterocycles. The zero-order valence-corrected chi connectivity index (χ0v) is 9.71. The summed E-state index contributed by atoms with van der Waals surface area (Å²) < 4.78 is 0. The van der Waals surface area contributed by atoms with E-state index in [0.29, 0.717) is 0 Å². The van der Waals surface area contributed by atoms with Crippen molar-refractivity contribution < 1.29 is 0 Å². The second kappa shape index (κ2) is 6.38. The summed E-state index contributed by atoms with van der Waals surface area (Å²) >= 11 is 0. The fourth-order valence-electron chi connectivity index (χ4n) is 1.86. The predicted octanol–water partition coefficient (Wildman–Crippen LogP) is 0.609. The minimum absolute atomic E-state index is 0.798. The Kier molecular flexibility index (Phi) is 5.45. The third-order valence-electron chi connectivity index (χ3n) is 2.93. The van der Waals surface area contributed by atoms with Crippen LogP contribution in [0.15, 0.2) is 0 Å². The predicted molar refractivity (Wildman–Crippen MR) is 61.4 cm³/mol. The molecule has 14 heavy (non-hydrogen) atoms. The molecule has 1 aliphatic heterocycles. The van der Waals surface area contributed by atoms with E-state index in [2.05, 4.69) is 23.6 Å². The topological polar surface area (TPSA) is 32.5 Å². The Morgan fingerprint density at radius 1 is 1.00 bits per heavy atom. The van der Waals surface area contributed by atoms with E-state index in [-0.39, 0.29) is 0 Å². The first-order valence-corrected chi connectivity index (χ1v) is 5.87. The van der Waals surface area contributed by atoms with Crippen LogP contribution in [0.2, 0.25) is 0 Å². The van der Waals surface area contributed by atoms with Gasteiger partial charge < -0.3 is 10.6 Å². The molecule has 2 N–H and O–H groups in total. The Morgan fingerprint density at radius 3 is 1.93 bits per heavy atom. The summed E-state index contributed by atoms with van der Waals surface area (Å²) in [7, 11) is 0. The molecule has 0 unspecified atom stereocenters. The maximum atomic E-state index is 5.54. The molecule has 0 amide bonds. The third kappa shape index (κ3) is 4.40. The summed E-state index contributed by atoms with van der Waals surface area (Å²) in [6.45, 7) is 12.6. The molecule has 84 valence electrons. The van der Waals surface area contributed by atoms with Crippen molar-refractivity contribution >= 4 is 0 Å². The van der Waals surface area contributed by atoms with E-state index < -0.39 is 0 Å². The molecule has 0 aromatic carbocycles. The van der Waals surface area contributed by atoms with E-state index in [0.717, 1.165) is 19.0 Å². The van der Waals surface area contributed by atoms with Gasteiger partial charge in [0, 0.05) is 39.3 Å². The van der Waals surface area contributed by atoms with Crippen molar-refractivity contribution in [2.75, 3.05) is 45.8 Å². The Balaban J connectivity index is 2.09. The van der Waals surface area contributed by atoms with Crippen LogP contribution in [-0.4, -0.2) is 55.6 Å². The van der Waals surface area contributed by atoms with E-state index in [9.17, 15) is 0 Å². The molecule has 1 aliphatic rings. The first-order valence-electron chi connectivity index (χ1n) is 5.87. The molecule has 1 fully saturated rings. The van der Waals surface area contributed by atoms with E-state index in [4.69, 9.17) is 5.73 Å².